The Labute approximate surface area is 177 Å². The normalized spacial score (nSPS) is 16.9. The number of halogens is 2. The Morgan fingerprint density at radius 3 is 2.79 bits per heavy atom. The van der Waals surface area contributed by atoms with E-state index in [0.29, 0.717) is 17.3 Å². The number of ether oxygens (including phenoxy) is 1. The number of nitrogens with zero attached hydrogens (tertiary/aromatic N) is 1. The molecule has 1 saturated heterocycles. The van der Waals surface area contributed by atoms with Gasteiger partial charge in [-0.05, 0) is 37.1 Å². The lowest BCUT2D eigenvalue weighted by Gasteiger charge is -2.36. The maximum absolute atomic E-state index is 12.7. The van der Waals surface area contributed by atoms with Crippen molar-refractivity contribution < 1.29 is 9.53 Å². The van der Waals surface area contributed by atoms with Crippen LogP contribution in [0.25, 0.3) is 0 Å². The molecule has 1 amide bonds. The van der Waals surface area contributed by atoms with Crippen molar-refractivity contribution in [3.63, 3.8) is 0 Å². The molecule has 2 N–H and O–H groups in total. The summed E-state index contributed by atoms with van der Waals surface area (Å²) in [7, 11) is 1.67. The van der Waals surface area contributed by atoms with Crippen molar-refractivity contribution in [3.05, 3.63) is 58.1 Å². The zero-order chi connectivity index (χ0) is 19.4. The molecule has 1 aliphatic rings. The summed E-state index contributed by atoms with van der Waals surface area (Å²) < 4.78 is 5.52. The van der Waals surface area contributed by atoms with Gasteiger partial charge in [-0.3, -0.25) is 9.69 Å². The zero-order valence-electron chi connectivity index (χ0n) is 16.4. The van der Waals surface area contributed by atoms with Gasteiger partial charge in [0, 0.05) is 25.2 Å². The van der Waals surface area contributed by atoms with Crippen LogP contribution in [0.2, 0.25) is 5.02 Å². The van der Waals surface area contributed by atoms with Gasteiger partial charge in [-0.1, -0.05) is 35.9 Å². The van der Waals surface area contributed by atoms with Gasteiger partial charge < -0.3 is 15.4 Å². The van der Waals surface area contributed by atoms with Crippen LogP contribution in [0, 0.1) is 13.8 Å². The number of methoxy groups -OCH3 is 1. The van der Waals surface area contributed by atoms with Crippen LogP contribution < -0.4 is 15.4 Å². The Bertz CT molecular complexity index is 806. The fourth-order valence-corrected chi connectivity index (χ4v) is 3.99. The van der Waals surface area contributed by atoms with Crippen LogP contribution in [0.3, 0.4) is 0 Å². The van der Waals surface area contributed by atoms with Gasteiger partial charge in [-0.15, -0.1) is 12.4 Å². The van der Waals surface area contributed by atoms with Crippen LogP contribution in [0.15, 0.2) is 36.4 Å². The summed E-state index contributed by atoms with van der Waals surface area (Å²) >= 11 is 6.33. The number of benzene rings is 2. The summed E-state index contributed by atoms with van der Waals surface area (Å²) in [6, 6.07) is 11.9. The average molecular weight is 424 g/mol. The number of rotatable bonds is 5. The van der Waals surface area contributed by atoms with Gasteiger partial charge in [0.2, 0.25) is 5.91 Å². The molecule has 0 bridgehead atoms. The molecular weight excluding hydrogens is 397 g/mol. The lowest BCUT2D eigenvalue weighted by atomic mass is 10.0. The smallest absolute Gasteiger partial charge is 0.238 e. The van der Waals surface area contributed by atoms with E-state index in [0.717, 1.165) is 42.1 Å². The summed E-state index contributed by atoms with van der Waals surface area (Å²) in [4.78, 5) is 14.9. The highest BCUT2D eigenvalue weighted by Crippen LogP contribution is 2.31. The number of aryl methyl sites for hydroxylation is 2. The fraction of sp³-hybridized carbons (Fsp3) is 0.381. The molecule has 0 saturated carbocycles. The third-order valence-corrected chi connectivity index (χ3v) is 5.19. The van der Waals surface area contributed by atoms with Crippen LogP contribution in [0.5, 0.6) is 5.75 Å². The predicted octanol–water partition coefficient (Wildman–Crippen LogP) is 3.97. The first-order valence-corrected chi connectivity index (χ1v) is 9.51. The topological polar surface area (TPSA) is 53.6 Å². The number of hydrogen-bond acceptors (Lipinski definition) is 4. The number of piperazine rings is 1. The lowest BCUT2D eigenvalue weighted by molar-refractivity contribution is -0.118. The summed E-state index contributed by atoms with van der Waals surface area (Å²) in [5, 5.41) is 6.97. The molecule has 2 aromatic rings. The van der Waals surface area contributed by atoms with Gasteiger partial charge in [0.1, 0.15) is 5.75 Å². The minimum Gasteiger partial charge on any atom is -0.496 e. The molecule has 3 rings (SSSR count). The molecule has 28 heavy (non-hydrogen) atoms. The molecule has 1 heterocycles. The Kier molecular flexibility index (Phi) is 8.13. The summed E-state index contributed by atoms with van der Waals surface area (Å²) in [6.07, 6.45) is 0. The predicted molar refractivity (Wildman–Crippen MR) is 117 cm³/mol. The SMILES string of the molecule is COc1ccccc1C1CNCCN1CC(=O)Nc1c(C)cc(C)cc1Cl.Cl. The second-order valence-corrected chi connectivity index (χ2v) is 7.33. The number of amides is 1. The van der Waals surface area contributed by atoms with Gasteiger partial charge in [0.25, 0.3) is 0 Å². The minimum absolute atomic E-state index is 0. The van der Waals surface area contributed by atoms with Gasteiger partial charge in [-0.25, -0.2) is 0 Å². The first-order valence-electron chi connectivity index (χ1n) is 9.14. The first kappa shape index (κ1) is 22.5. The number of carbonyl (C=O) groups is 1. The van der Waals surface area contributed by atoms with Crippen molar-refractivity contribution in [2.24, 2.45) is 0 Å². The molecular formula is C21H27Cl2N3O2. The number of anilines is 1. The lowest BCUT2D eigenvalue weighted by Crippen LogP contribution is -2.48. The molecule has 0 spiro atoms. The van der Waals surface area contributed by atoms with E-state index in [1.807, 2.05) is 44.2 Å². The fourth-order valence-electron chi connectivity index (χ4n) is 3.62. The van der Waals surface area contributed by atoms with Crippen molar-refractivity contribution >= 4 is 35.6 Å². The molecule has 5 nitrogen and oxygen atoms in total. The summed E-state index contributed by atoms with van der Waals surface area (Å²) in [5.74, 6) is 0.777. The van der Waals surface area contributed by atoms with E-state index >= 15 is 0 Å². The Morgan fingerprint density at radius 1 is 1.32 bits per heavy atom. The molecule has 0 aliphatic carbocycles. The van der Waals surface area contributed by atoms with E-state index in [9.17, 15) is 4.79 Å². The van der Waals surface area contributed by atoms with Crippen LogP contribution in [-0.2, 0) is 4.79 Å². The Morgan fingerprint density at radius 2 is 2.07 bits per heavy atom. The van der Waals surface area contributed by atoms with E-state index in [-0.39, 0.29) is 24.4 Å². The molecule has 0 aromatic heterocycles. The number of nitrogens with one attached hydrogen (secondary N) is 2. The quantitative estimate of drug-likeness (QED) is 0.763. The van der Waals surface area contributed by atoms with Crippen molar-refractivity contribution in [1.29, 1.82) is 0 Å². The van der Waals surface area contributed by atoms with Gasteiger partial charge >= 0.3 is 0 Å². The maximum Gasteiger partial charge on any atom is 0.238 e. The third kappa shape index (κ3) is 5.17. The van der Waals surface area contributed by atoms with E-state index in [1.165, 1.54) is 0 Å². The van der Waals surface area contributed by atoms with Crippen molar-refractivity contribution in [1.82, 2.24) is 10.2 Å². The van der Waals surface area contributed by atoms with Crippen LogP contribution in [0.1, 0.15) is 22.7 Å². The van der Waals surface area contributed by atoms with Gasteiger partial charge in [-0.2, -0.15) is 0 Å². The molecule has 7 heteroatoms. The number of hydrogen-bond donors (Lipinski definition) is 2. The highest BCUT2D eigenvalue weighted by molar-refractivity contribution is 6.34. The summed E-state index contributed by atoms with van der Waals surface area (Å²) in [5.41, 5.74) is 3.82. The number of para-hydroxylation sites is 1. The average Bonchev–Trinajstić information content (AvgIpc) is 2.65. The van der Waals surface area contributed by atoms with Crippen molar-refractivity contribution in [2.75, 3.05) is 38.6 Å². The van der Waals surface area contributed by atoms with Crippen LogP contribution in [-0.4, -0.2) is 44.1 Å². The number of carbonyl (C=O) groups excluding carboxylic acids is 1. The third-order valence-electron chi connectivity index (χ3n) is 4.90. The van der Waals surface area contributed by atoms with E-state index in [2.05, 4.69) is 21.6 Å². The van der Waals surface area contributed by atoms with Crippen molar-refractivity contribution in [2.45, 2.75) is 19.9 Å². The van der Waals surface area contributed by atoms with Gasteiger partial charge in [0.15, 0.2) is 0 Å². The zero-order valence-corrected chi connectivity index (χ0v) is 18.0. The molecule has 1 fully saturated rings. The van der Waals surface area contributed by atoms with Crippen molar-refractivity contribution in [3.8, 4) is 5.75 Å². The second-order valence-electron chi connectivity index (χ2n) is 6.92. The molecule has 1 unspecified atom stereocenters. The van der Waals surface area contributed by atoms with Crippen LogP contribution in [0.4, 0.5) is 5.69 Å². The monoisotopic (exact) mass is 423 g/mol. The van der Waals surface area contributed by atoms with E-state index in [1.54, 1.807) is 7.11 Å². The highest BCUT2D eigenvalue weighted by atomic mass is 35.5. The molecule has 1 aliphatic heterocycles. The van der Waals surface area contributed by atoms with E-state index < -0.39 is 0 Å². The first-order chi connectivity index (χ1) is 13.0. The van der Waals surface area contributed by atoms with Crippen LogP contribution >= 0.6 is 24.0 Å². The molecule has 1 atom stereocenters. The standard InChI is InChI=1S/C21H26ClN3O2.ClH/c1-14-10-15(2)21(17(22)11-14)24-20(26)13-25-9-8-23-12-18(25)16-6-4-5-7-19(16)27-3;/h4-7,10-11,18,23H,8-9,12-13H2,1-3H3,(H,24,26);1H. The van der Waals surface area contributed by atoms with Gasteiger partial charge in [0.05, 0.1) is 30.4 Å². The molecule has 0 radical (unpaired) electrons. The Hall–Kier alpha value is -1.79. The molecule has 2 aromatic carbocycles. The molecule has 152 valence electrons. The summed E-state index contributed by atoms with van der Waals surface area (Å²) in [6.45, 7) is 6.66. The maximum atomic E-state index is 12.7. The Balaban J connectivity index is 0.00000280. The largest absolute Gasteiger partial charge is 0.496 e. The minimum atomic E-state index is -0.0642. The second kappa shape index (κ2) is 10.1. The van der Waals surface area contributed by atoms with E-state index in [4.69, 9.17) is 16.3 Å². The highest BCUT2D eigenvalue weighted by Gasteiger charge is 2.27.